The molecule has 1 aromatic heterocycles. The van der Waals surface area contributed by atoms with Gasteiger partial charge in [-0.25, -0.2) is 4.79 Å². The highest BCUT2D eigenvalue weighted by atomic mass is 16.4. The maximum atomic E-state index is 12.0. The Bertz CT molecular complexity index is 480. The van der Waals surface area contributed by atoms with Crippen LogP contribution >= 0.6 is 0 Å². The second kappa shape index (κ2) is 6.55. The number of carboxylic acids is 1. The maximum absolute atomic E-state index is 12.0. The summed E-state index contributed by atoms with van der Waals surface area (Å²) in [6.07, 6.45) is 4.94. The van der Waals surface area contributed by atoms with Crippen LogP contribution in [0.2, 0.25) is 0 Å². The number of rotatable bonds is 5. The van der Waals surface area contributed by atoms with E-state index in [2.05, 4.69) is 15.6 Å². The van der Waals surface area contributed by atoms with Gasteiger partial charge >= 0.3 is 12.0 Å². The summed E-state index contributed by atoms with van der Waals surface area (Å²) in [7, 11) is 0. The number of nitrogens with one attached hydrogen (secondary N) is 1. The minimum atomic E-state index is -0.753. The molecule has 8 heteroatoms. The minimum absolute atomic E-state index is 0.148. The lowest BCUT2D eigenvalue weighted by Crippen LogP contribution is -2.49. The van der Waals surface area contributed by atoms with Crippen LogP contribution in [0.25, 0.3) is 0 Å². The molecule has 0 unspecified atom stereocenters. The monoisotopic (exact) mass is 295 g/mol. The molecule has 1 saturated heterocycles. The topological polar surface area (TPSA) is 100 Å². The van der Waals surface area contributed by atoms with Crippen LogP contribution < -0.4 is 5.32 Å². The number of hydrogen-bond donors (Lipinski definition) is 2. The van der Waals surface area contributed by atoms with E-state index >= 15 is 0 Å². The summed E-state index contributed by atoms with van der Waals surface area (Å²) in [5, 5.41) is 19.6. The highest BCUT2D eigenvalue weighted by Gasteiger charge is 2.40. The molecule has 1 aromatic rings. The van der Waals surface area contributed by atoms with E-state index in [4.69, 9.17) is 0 Å². The van der Waals surface area contributed by atoms with Crippen LogP contribution in [-0.2, 0) is 11.3 Å². The molecule has 1 fully saturated rings. The summed E-state index contributed by atoms with van der Waals surface area (Å²) in [6.45, 7) is 3.89. The molecule has 2 heterocycles. The van der Waals surface area contributed by atoms with E-state index in [1.807, 2.05) is 6.92 Å². The smallest absolute Gasteiger partial charge is 0.317 e. The summed E-state index contributed by atoms with van der Waals surface area (Å²) in [6, 6.07) is -0.148. The molecule has 0 bridgehead atoms. The van der Waals surface area contributed by atoms with Crippen molar-refractivity contribution in [1.82, 2.24) is 25.2 Å². The van der Waals surface area contributed by atoms with Crippen molar-refractivity contribution in [3.8, 4) is 0 Å². The second-order valence-corrected chi connectivity index (χ2v) is 5.32. The van der Waals surface area contributed by atoms with Crippen LogP contribution in [0.3, 0.4) is 0 Å². The number of amides is 2. The van der Waals surface area contributed by atoms with Gasteiger partial charge in [-0.2, -0.15) is 0 Å². The first-order chi connectivity index (χ1) is 10.1. The average molecular weight is 295 g/mol. The fraction of sp³-hybridized carbons (Fsp3) is 0.692. The lowest BCUT2D eigenvalue weighted by Gasteiger charge is -2.38. The Balaban J connectivity index is 1.76. The quantitative estimate of drug-likeness (QED) is 0.827. The van der Waals surface area contributed by atoms with Crippen LogP contribution in [0.5, 0.6) is 0 Å². The van der Waals surface area contributed by atoms with Gasteiger partial charge in [0.15, 0.2) is 0 Å². The molecular formula is C13H21N5O3. The van der Waals surface area contributed by atoms with Crippen molar-refractivity contribution in [1.29, 1.82) is 0 Å². The van der Waals surface area contributed by atoms with Crippen molar-refractivity contribution < 1.29 is 14.7 Å². The predicted molar refractivity (Wildman–Crippen MR) is 74.6 cm³/mol. The zero-order chi connectivity index (χ0) is 15.3. The Morgan fingerprint density at radius 1 is 1.38 bits per heavy atom. The minimum Gasteiger partial charge on any atom is -0.481 e. The Labute approximate surface area is 123 Å². The van der Waals surface area contributed by atoms with Gasteiger partial charge in [0, 0.05) is 25.8 Å². The molecule has 1 aliphatic rings. The van der Waals surface area contributed by atoms with Crippen molar-refractivity contribution in [2.24, 2.45) is 5.41 Å². The number of urea groups is 1. The summed E-state index contributed by atoms with van der Waals surface area (Å²) >= 11 is 0. The van der Waals surface area contributed by atoms with E-state index in [1.54, 1.807) is 22.0 Å². The van der Waals surface area contributed by atoms with Gasteiger partial charge in [0.25, 0.3) is 0 Å². The number of carbonyl (C=O) groups excluding carboxylic acids is 1. The van der Waals surface area contributed by atoms with Crippen LogP contribution in [0, 0.1) is 5.41 Å². The number of carbonyl (C=O) groups is 2. The summed E-state index contributed by atoms with van der Waals surface area (Å²) in [5.74, 6) is -0.753. The Hall–Kier alpha value is -2.12. The van der Waals surface area contributed by atoms with Crippen molar-refractivity contribution >= 4 is 12.0 Å². The van der Waals surface area contributed by atoms with Gasteiger partial charge in [-0.15, -0.1) is 5.10 Å². The lowest BCUT2D eigenvalue weighted by molar-refractivity contribution is -0.151. The van der Waals surface area contributed by atoms with E-state index in [0.717, 1.165) is 0 Å². The first-order valence-electron chi connectivity index (χ1n) is 7.18. The van der Waals surface area contributed by atoms with Gasteiger partial charge in [0.05, 0.1) is 18.2 Å². The molecule has 0 spiro atoms. The normalized spacial score (nSPS) is 17.5. The molecule has 0 saturated carbocycles. The first kappa shape index (κ1) is 15.3. The molecule has 0 aliphatic carbocycles. The third-order valence-corrected chi connectivity index (χ3v) is 4.23. The highest BCUT2D eigenvalue weighted by Crippen LogP contribution is 2.35. The van der Waals surface area contributed by atoms with E-state index in [0.29, 0.717) is 45.4 Å². The van der Waals surface area contributed by atoms with Crippen molar-refractivity contribution in [3.05, 3.63) is 12.4 Å². The van der Waals surface area contributed by atoms with Gasteiger partial charge in [-0.05, 0) is 19.3 Å². The summed E-state index contributed by atoms with van der Waals surface area (Å²) in [5.41, 5.74) is -0.669. The molecule has 2 rings (SSSR count). The number of nitrogens with zero attached hydrogens (tertiary/aromatic N) is 4. The number of likely N-dealkylation sites (tertiary alicyclic amines) is 1. The van der Waals surface area contributed by atoms with Crippen LogP contribution in [-0.4, -0.2) is 56.6 Å². The number of piperidine rings is 1. The zero-order valence-corrected chi connectivity index (χ0v) is 12.2. The zero-order valence-electron chi connectivity index (χ0n) is 12.2. The summed E-state index contributed by atoms with van der Waals surface area (Å²) in [4.78, 5) is 25.0. The number of aromatic nitrogens is 3. The largest absolute Gasteiger partial charge is 0.481 e. The van der Waals surface area contributed by atoms with Crippen LogP contribution in [0.15, 0.2) is 12.4 Å². The fourth-order valence-electron chi connectivity index (χ4n) is 2.60. The molecule has 1 aliphatic heterocycles. The van der Waals surface area contributed by atoms with Gasteiger partial charge in [-0.3, -0.25) is 9.48 Å². The fourth-order valence-corrected chi connectivity index (χ4v) is 2.60. The predicted octanol–water partition coefficient (Wildman–Crippen LogP) is 0.564. The number of carboxylic acid groups (broad SMARTS) is 1. The molecular weight excluding hydrogens is 274 g/mol. The molecule has 2 N–H and O–H groups in total. The maximum Gasteiger partial charge on any atom is 0.317 e. The van der Waals surface area contributed by atoms with Crippen LogP contribution in [0.4, 0.5) is 4.79 Å². The van der Waals surface area contributed by atoms with Crippen LogP contribution in [0.1, 0.15) is 26.2 Å². The number of hydrogen-bond acceptors (Lipinski definition) is 4. The molecule has 116 valence electrons. The third kappa shape index (κ3) is 3.50. The van der Waals surface area contributed by atoms with E-state index in [9.17, 15) is 14.7 Å². The van der Waals surface area contributed by atoms with Gasteiger partial charge in [0.2, 0.25) is 0 Å². The van der Waals surface area contributed by atoms with E-state index in [1.165, 1.54) is 0 Å². The lowest BCUT2D eigenvalue weighted by atomic mass is 9.76. The summed E-state index contributed by atoms with van der Waals surface area (Å²) < 4.78 is 1.64. The Morgan fingerprint density at radius 2 is 2.10 bits per heavy atom. The van der Waals surface area contributed by atoms with Crippen molar-refractivity contribution in [2.45, 2.75) is 32.7 Å². The van der Waals surface area contributed by atoms with Gasteiger partial charge in [0.1, 0.15) is 0 Å². The average Bonchev–Trinajstić information content (AvgIpc) is 3.00. The molecule has 0 radical (unpaired) electrons. The molecule has 21 heavy (non-hydrogen) atoms. The van der Waals surface area contributed by atoms with Crippen molar-refractivity contribution in [2.75, 3.05) is 19.6 Å². The van der Waals surface area contributed by atoms with E-state index in [-0.39, 0.29) is 6.03 Å². The van der Waals surface area contributed by atoms with Crippen molar-refractivity contribution in [3.63, 3.8) is 0 Å². The Kier molecular flexibility index (Phi) is 4.77. The number of aliphatic carboxylic acids is 1. The second-order valence-electron chi connectivity index (χ2n) is 5.32. The van der Waals surface area contributed by atoms with Gasteiger partial charge < -0.3 is 15.3 Å². The molecule has 0 aromatic carbocycles. The highest BCUT2D eigenvalue weighted by molar-refractivity contribution is 5.77. The third-order valence-electron chi connectivity index (χ3n) is 4.23. The standard InChI is InChI=1S/C13H21N5O3/c1-2-13(11(19)20)3-7-17(8-4-13)12(21)14-5-9-18-10-6-15-16-18/h6,10H,2-5,7-9H2,1H3,(H,14,21)(H,19,20). The molecule has 0 atom stereocenters. The van der Waals surface area contributed by atoms with E-state index < -0.39 is 11.4 Å². The first-order valence-corrected chi connectivity index (χ1v) is 7.18. The molecule has 8 nitrogen and oxygen atoms in total. The van der Waals surface area contributed by atoms with Gasteiger partial charge in [-0.1, -0.05) is 12.1 Å². The SMILES string of the molecule is CCC1(C(=O)O)CCN(C(=O)NCCn2ccnn2)CC1. The Morgan fingerprint density at radius 3 is 2.62 bits per heavy atom. The molecule has 2 amide bonds.